The molecule has 1 aliphatic heterocycles. The maximum Gasteiger partial charge on any atom is 0.229 e. The van der Waals surface area contributed by atoms with E-state index in [9.17, 15) is 0 Å². The van der Waals surface area contributed by atoms with Crippen LogP contribution in [-0.4, -0.2) is 47.2 Å². The molecule has 1 aromatic heterocycles. The van der Waals surface area contributed by atoms with Crippen molar-refractivity contribution in [3.8, 4) is 5.88 Å². The van der Waals surface area contributed by atoms with Crippen LogP contribution in [0.1, 0.15) is 20.3 Å². The zero-order valence-corrected chi connectivity index (χ0v) is 13.0. The first-order valence-corrected chi connectivity index (χ1v) is 7.76. The van der Waals surface area contributed by atoms with Gasteiger partial charge in [0.25, 0.3) is 0 Å². The summed E-state index contributed by atoms with van der Waals surface area (Å²) in [5.41, 5.74) is 0. The van der Waals surface area contributed by atoms with E-state index < -0.39 is 0 Å². The van der Waals surface area contributed by atoms with E-state index in [0.29, 0.717) is 19.1 Å². The Morgan fingerprint density at radius 1 is 1.58 bits per heavy atom. The van der Waals surface area contributed by atoms with E-state index in [0.717, 1.165) is 24.2 Å². The van der Waals surface area contributed by atoms with Crippen molar-refractivity contribution in [1.29, 1.82) is 0 Å². The van der Waals surface area contributed by atoms with Crippen molar-refractivity contribution in [1.82, 2.24) is 9.97 Å². The average molecular weight is 330 g/mol. The van der Waals surface area contributed by atoms with Gasteiger partial charge in [-0.05, 0) is 13.3 Å². The molecule has 19 heavy (non-hydrogen) atoms. The van der Waals surface area contributed by atoms with Crippen LogP contribution >= 0.6 is 15.9 Å². The summed E-state index contributed by atoms with van der Waals surface area (Å²) >= 11 is 3.46. The SMILES string of the molecule is CCCOc1ccnc(N2CC(CBr)OCC2C)n1. The highest BCUT2D eigenvalue weighted by molar-refractivity contribution is 9.09. The molecule has 2 atom stereocenters. The number of halogens is 1. The highest BCUT2D eigenvalue weighted by atomic mass is 79.9. The normalized spacial score (nSPS) is 23.4. The molecule has 106 valence electrons. The van der Waals surface area contributed by atoms with Crippen molar-refractivity contribution < 1.29 is 9.47 Å². The Balaban J connectivity index is 2.10. The van der Waals surface area contributed by atoms with Crippen LogP contribution in [0.2, 0.25) is 0 Å². The third-order valence-corrected chi connectivity index (χ3v) is 3.73. The summed E-state index contributed by atoms with van der Waals surface area (Å²) in [5.74, 6) is 1.36. The molecule has 0 amide bonds. The van der Waals surface area contributed by atoms with Crippen LogP contribution in [0.15, 0.2) is 12.3 Å². The number of hydrogen-bond donors (Lipinski definition) is 0. The molecule has 0 bridgehead atoms. The van der Waals surface area contributed by atoms with Crippen LogP contribution in [0.3, 0.4) is 0 Å². The lowest BCUT2D eigenvalue weighted by Gasteiger charge is -2.37. The number of rotatable bonds is 5. The van der Waals surface area contributed by atoms with Crippen LogP contribution in [0.25, 0.3) is 0 Å². The smallest absolute Gasteiger partial charge is 0.229 e. The molecule has 1 aromatic rings. The molecule has 2 unspecified atom stereocenters. The number of ether oxygens (including phenoxy) is 2. The molecule has 5 nitrogen and oxygen atoms in total. The van der Waals surface area contributed by atoms with Crippen LogP contribution in [-0.2, 0) is 4.74 Å². The maximum atomic E-state index is 5.71. The predicted molar refractivity (Wildman–Crippen MR) is 78.2 cm³/mol. The first kappa shape index (κ1) is 14.5. The van der Waals surface area contributed by atoms with Crippen molar-refractivity contribution in [2.75, 3.05) is 30.0 Å². The van der Waals surface area contributed by atoms with Crippen molar-refractivity contribution in [2.24, 2.45) is 0 Å². The third kappa shape index (κ3) is 3.79. The first-order valence-electron chi connectivity index (χ1n) is 6.64. The number of morpholine rings is 1. The van der Waals surface area contributed by atoms with E-state index in [1.54, 1.807) is 12.3 Å². The average Bonchev–Trinajstić information content (AvgIpc) is 2.46. The van der Waals surface area contributed by atoms with Gasteiger partial charge in [-0.25, -0.2) is 4.98 Å². The number of nitrogens with zero attached hydrogens (tertiary/aromatic N) is 3. The van der Waals surface area contributed by atoms with Crippen molar-refractivity contribution >= 4 is 21.9 Å². The number of anilines is 1. The molecular formula is C13H20BrN3O2. The summed E-state index contributed by atoms with van der Waals surface area (Å²) in [4.78, 5) is 11.0. The molecule has 0 aromatic carbocycles. The molecule has 0 aliphatic carbocycles. The Bertz CT molecular complexity index is 405. The maximum absolute atomic E-state index is 5.71. The lowest BCUT2D eigenvalue weighted by molar-refractivity contribution is 0.0372. The van der Waals surface area contributed by atoms with Crippen molar-refractivity contribution in [2.45, 2.75) is 32.4 Å². The van der Waals surface area contributed by atoms with Crippen LogP contribution in [0.5, 0.6) is 5.88 Å². The molecule has 1 saturated heterocycles. The summed E-state index contributed by atoms with van der Waals surface area (Å²) in [6.07, 6.45) is 2.90. The fraction of sp³-hybridized carbons (Fsp3) is 0.692. The van der Waals surface area contributed by atoms with Gasteiger partial charge in [0.05, 0.1) is 25.4 Å². The predicted octanol–water partition coefficient (Wildman–Crippen LogP) is 2.25. The van der Waals surface area contributed by atoms with E-state index in [1.165, 1.54) is 0 Å². The topological polar surface area (TPSA) is 47.5 Å². The second-order valence-electron chi connectivity index (χ2n) is 4.65. The molecule has 2 rings (SSSR count). The number of hydrogen-bond acceptors (Lipinski definition) is 5. The van der Waals surface area contributed by atoms with E-state index in [-0.39, 0.29) is 12.1 Å². The minimum atomic E-state index is 0.181. The fourth-order valence-corrected chi connectivity index (χ4v) is 2.34. The monoisotopic (exact) mass is 329 g/mol. The first-order chi connectivity index (χ1) is 9.24. The van der Waals surface area contributed by atoms with Gasteiger partial charge in [-0.3, -0.25) is 0 Å². The Morgan fingerprint density at radius 3 is 3.16 bits per heavy atom. The molecule has 0 spiro atoms. The second kappa shape index (κ2) is 7.05. The van der Waals surface area contributed by atoms with E-state index in [4.69, 9.17) is 9.47 Å². The standard InChI is InChI=1S/C13H20BrN3O2/c1-3-6-18-12-4-5-15-13(16-12)17-8-11(7-14)19-9-10(17)2/h4-5,10-11H,3,6-9H2,1-2H3. The summed E-state index contributed by atoms with van der Waals surface area (Å²) < 4.78 is 11.3. The molecule has 0 radical (unpaired) electrons. The zero-order valence-electron chi connectivity index (χ0n) is 11.4. The molecule has 1 fully saturated rings. The third-order valence-electron chi connectivity index (χ3n) is 3.01. The van der Waals surface area contributed by atoms with Gasteiger partial charge < -0.3 is 14.4 Å². The van der Waals surface area contributed by atoms with Crippen molar-refractivity contribution in [3.63, 3.8) is 0 Å². The van der Waals surface area contributed by atoms with Gasteiger partial charge in [0, 0.05) is 24.1 Å². The van der Waals surface area contributed by atoms with Crippen molar-refractivity contribution in [3.05, 3.63) is 12.3 Å². The molecule has 2 heterocycles. The summed E-state index contributed by atoms with van der Waals surface area (Å²) in [6.45, 7) is 6.36. The summed E-state index contributed by atoms with van der Waals surface area (Å²) in [7, 11) is 0. The van der Waals surface area contributed by atoms with Gasteiger partial charge >= 0.3 is 0 Å². The minimum Gasteiger partial charge on any atom is -0.478 e. The quantitative estimate of drug-likeness (QED) is 0.775. The lowest BCUT2D eigenvalue weighted by atomic mass is 10.2. The Hall–Kier alpha value is -0.880. The van der Waals surface area contributed by atoms with Gasteiger partial charge in [-0.1, -0.05) is 22.9 Å². The summed E-state index contributed by atoms with van der Waals surface area (Å²) in [6, 6.07) is 2.07. The number of alkyl halides is 1. The highest BCUT2D eigenvalue weighted by Crippen LogP contribution is 2.20. The molecule has 0 saturated carbocycles. The largest absolute Gasteiger partial charge is 0.478 e. The van der Waals surface area contributed by atoms with Crippen LogP contribution < -0.4 is 9.64 Å². The highest BCUT2D eigenvalue weighted by Gasteiger charge is 2.27. The zero-order chi connectivity index (χ0) is 13.7. The van der Waals surface area contributed by atoms with Gasteiger partial charge in [0.1, 0.15) is 0 Å². The Kier molecular flexibility index (Phi) is 5.39. The Labute approximate surface area is 122 Å². The van der Waals surface area contributed by atoms with Crippen LogP contribution in [0.4, 0.5) is 5.95 Å². The minimum absolute atomic E-state index is 0.181. The molecule has 1 aliphatic rings. The van der Waals surface area contributed by atoms with Crippen LogP contribution in [0, 0.1) is 0 Å². The lowest BCUT2D eigenvalue weighted by Crippen LogP contribution is -2.49. The fourth-order valence-electron chi connectivity index (χ4n) is 1.95. The van der Waals surface area contributed by atoms with E-state index >= 15 is 0 Å². The van der Waals surface area contributed by atoms with Gasteiger partial charge in [0.2, 0.25) is 11.8 Å². The summed E-state index contributed by atoms with van der Waals surface area (Å²) in [5, 5.41) is 0.822. The molecule has 0 N–H and O–H groups in total. The second-order valence-corrected chi connectivity index (χ2v) is 5.30. The van der Waals surface area contributed by atoms with Gasteiger partial charge in [-0.2, -0.15) is 4.98 Å². The molecular weight excluding hydrogens is 310 g/mol. The Morgan fingerprint density at radius 2 is 2.42 bits per heavy atom. The van der Waals surface area contributed by atoms with Gasteiger partial charge in [-0.15, -0.1) is 0 Å². The van der Waals surface area contributed by atoms with E-state index in [2.05, 4.69) is 44.6 Å². The number of aromatic nitrogens is 2. The van der Waals surface area contributed by atoms with E-state index in [1.807, 2.05) is 0 Å². The molecule has 6 heteroatoms. The van der Waals surface area contributed by atoms with Gasteiger partial charge in [0.15, 0.2) is 0 Å².